The number of carbonyl (C=O) groups is 1. The lowest BCUT2D eigenvalue weighted by atomic mass is 10.1. The number of nitrogens with one attached hydrogen (secondary N) is 1. The molecule has 0 aliphatic carbocycles. The number of aromatic hydroxyl groups is 1. The summed E-state index contributed by atoms with van der Waals surface area (Å²) in [5.74, 6) is -0.941. The summed E-state index contributed by atoms with van der Waals surface area (Å²) >= 11 is 0. The first-order chi connectivity index (χ1) is 8.61. The Labute approximate surface area is 115 Å². The molecule has 0 radical (unpaired) electrons. The third-order valence-corrected chi connectivity index (χ3v) is 2.85. The predicted molar refractivity (Wildman–Crippen MR) is 70.8 cm³/mol. The molecule has 0 unspecified atom stereocenters. The number of halogens is 1. The van der Waals surface area contributed by atoms with Crippen LogP contribution in [0.1, 0.15) is 10.4 Å². The second kappa shape index (κ2) is 6.35. The average Bonchev–Trinajstić information content (AvgIpc) is 2.39. The van der Waals surface area contributed by atoms with Gasteiger partial charge in [0.2, 0.25) is 5.75 Å². The molecule has 7 nitrogen and oxygen atoms in total. The Morgan fingerprint density at radius 3 is 2.58 bits per heavy atom. The number of phenolic OH excluding ortho intramolecular Hbond substituents is 1. The maximum atomic E-state index is 12.1. The van der Waals surface area contributed by atoms with Crippen LogP contribution in [0, 0.1) is 10.1 Å². The number of amides is 1. The largest absolute Gasteiger partial charge is 0.502 e. The molecule has 104 valence electrons. The van der Waals surface area contributed by atoms with Gasteiger partial charge < -0.3 is 15.3 Å². The molecule has 1 aromatic rings. The van der Waals surface area contributed by atoms with E-state index in [0.717, 1.165) is 0 Å². The number of para-hydroxylation sites is 1. The Bertz CT molecular complexity index is 489. The first-order valence-corrected chi connectivity index (χ1v) is 5.57. The van der Waals surface area contributed by atoms with Gasteiger partial charge in [-0.15, -0.1) is 12.4 Å². The number of hydrogen-bond acceptors (Lipinski definition) is 5. The van der Waals surface area contributed by atoms with Crippen molar-refractivity contribution < 1.29 is 14.8 Å². The van der Waals surface area contributed by atoms with E-state index in [2.05, 4.69) is 5.32 Å². The third-order valence-electron chi connectivity index (χ3n) is 2.85. The molecule has 0 aromatic heterocycles. The molecular formula is C11H14ClN3O4. The molecule has 1 aliphatic heterocycles. The van der Waals surface area contributed by atoms with E-state index in [1.165, 1.54) is 18.2 Å². The van der Waals surface area contributed by atoms with Gasteiger partial charge in [0.15, 0.2) is 0 Å². The number of nitro benzene ring substituents is 1. The number of carbonyl (C=O) groups excluding carboxylic acids is 1. The summed E-state index contributed by atoms with van der Waals surface area (Å²) in [5.41, 5.74) is -0.470. The Kier molecular flexibility index (Phi) is 5.08. The molecular weight excluding hydrogens is 274 g/mol. The summed E-state index contributed by atoms with van der Waals surface area (Å²) in [6, 6.07) is 3.96. The molecule has 1 amide bonds. The van der Waals surface area contributed by atoms with Gasteiger partial charge in [-0.05, 0) is 6.07 Å². The molecule has 1 saturated heterocycles. The topological polar surface area (TPSA) is 95.7 Å². The summed E-state index contributed by atoms with van der Waals surface area (Å²) in [6.45, 7) is 2.42. The number of nitrogens with zero attached hydrogens (tertiary/aromatic N) is 2. The van der Waals surface area contributed by atoms with Gasteiger partial charge in [-0.1, -0.05) is 6.07 Å². The van der Waals surface area contributed by atoms with Crippen molar-refractivity contribution in [2.24, 2.45) is 0 Å². The van der Waals surface area contributed by atoms with E-state index in [4.69, 9.17) is 0 Å². The number of hydrogen-bond donors (Lipinski definition) is 2. The first kappa shape index (κ1) is 15.2. The van der Waals surface area contributed by atoms with Crippen molar-refractivity contribution in [2.45, 2.75) is 0 Å². The zero-order valence-electron chi connectivity index (χ0n) is 10.0. The van der Waals surface area contributed by atoms with Crippen LogP contribution in [0.2, 0.25) is 0 Å². The molecule has 1 aromatic carbocycles. The maximum Gasteiger partial charge on any atom is 0.311 e. The molecule has 1 aliphatic rings. The Balaban J connectivity index is 0.00000180. The minimum atomic E-state index is -0.704. The van der Waals surface area contributed by atoms with Gasteiger partial charge in [-0.2, -0.15) is 0 Å². The van der Waals surface area contributed by atoms with Crippen LogP contribution in [0.3, 0.4) is 0 Å². The van der Waals surface area contributed by atoms with Crippen molar-refractivity contribution >= 4 is 24.0 Å². The van der Waals surface area contributed by atoms with Gasteiger partial charge in [0.25, 0.3) is 5.91 Å². The maximum absolute atomic E-state index is 12.1. The molecule has 0 bridgehead atoms. The van der Waals surface area contributed by atoms with Crippen molar-refractivity contribution in [2.75, 3.05) is 26.2 Å². The molecule has 0 saturated carbocycles. The monoisotopic (exact) mass is 287 g/mol. The average molecular weight is 288 g/mol. The SMILES string of the molecule is Cl.O=C(c1cccc([N+](=O)[O-])c1O)N1CCNCC1. The van der Waals surface area contributed by atoms with Crippen molar-refractivity contribution in [3.05, 3.63) is 33.9 Å². The second-order valence-electron chi connectivity index (χ2n) is 3.97. The Hall–Kier alpha value is -1.86. The van der Waals surface area contributed by atoms with Gasteiger partial charge >= 0.3 is 5.69 Å². The summed E-state index contributed by atoms with van der Waals surface area (Å²) in [4.78, 5) is 23.7. The number of benzene rings is 1. The second-order valence-corrected chi connectivity index (χ2v) is 3.97. The van der Waals surface area contributed by atoms with Crippen LogP contribution in [-0.2, 0) is 0 Å². The highest BCUT2D eigenvalue weighted by molar-refractivity contribution is 5.98. The van der Waals surface area contributed by atoms with Gasteiger partial charge in [0, 0.05) is 32.2 Å². The standard InChI is InChI=1S/C11H13N3O4.ClH/c15-10-8(2-1-3-9(10)14(17)18)11(16)13-6-4-12-5-7-13;/h1-3,12,15H,4-7H2;1H. The van der Waals surface area contributed by atoms with Crippen molar-refractivity contribution in [3.63, 3.8) is 0 Å². The summed E-state index contributed by atoms with van der Waals surface area (Å²) in [5, 5.41) is 23.5. The minimum absolute atomic E-state index is 0. The summed E-state index contributed by atoms with van der Waals surface area (Å²) in [6.07, 6.45) is 0. The van der Waals surface area contributed by atoms with Gasteiger partial charge in [-0.3, -0.25) is 14.9 Å². The molecule has 0 spiro atoms. The fraction of sp³-hybridized carbons (Fsp3) is 0.364. The van der Waals surface area contributed by atoms with Crippen LogP contribution >= 0.6 is 12.4 Å². The van der Waals surface area contributed by atoms with E-state index in [1.54, 1.807) is 4.90 Å². The molecule has 2 rings (SSSR count). The van der Waals surface area contributed by atoms with Crippen LogP contribution in [0.5, 0.6) is 5.75 Å². The Morgan fingerprint density at radius 2 is 2.00 bits per heavy atom. The van der Waals surface area contributed by atoms with Crippen LogP contribution in [0.25, 0.3) is 0 Å². The van der Waals surface area contributed by atoms with Crippen molar-refractivity contribution in [3.8, 4) is 5.75 Å². The van der Waals surface area contributed by atoms with E-state index >= 15 is 0 Å². The quantitative estimate of drug-likeness (QED) is 0.619. The third kappa shape index (κ3) is 3.12. The highest BCUT2D eigenvalue weighted by Gasteiger charge is 2.25. The number of nitro groups is 1. The number of piperazine rings is 1. The van der Waals surface area contributed by atoms with E-state index < -0.39 is 16.4 Å². The Morgan fingerprint density at radius 1 is 1.37 bits per heavy atom. The van der Waals surface area contributed by atoms with Gasteiger partial charge in [0.05, 0.1) is 10.5 Å². The van der Waals surface area contributed by atoms with Crippen LogP contribution in [-0.4, -0.2) is 47.0 Å². The van der Waals surface area contributed by atoms with E-state index in [0.29, 0.717) is 26.2 Å². The summed E-state index contributed by atoms with van der Waals surface area (Å²) in [7, 11) is 0. The zero-order valence-corrected chi connectivity index (χ0v) is 10.9. The smallest absolute Gasteiger partial charge is 0.311 e. The number of rotatable bonds is 2. The molecule has 2 N–H and O–H groups in total. The fourth-order valence-corrected chi connectivity index (χ4v) is 1.89. The van der Waals surface area contributed by atoms with Crippen molar-refractivity contribution in [1.82, 2.24) is 10.2 Å². The lowest BCUT2D eigenvalue weighted by Gasteiger charge is -2.27. The molecule has 1 heterocycles. The van der Waals surface area contributed by atoms with E-state index in [1.807, 2.05) is 0 Å². The zero-order chi connectivity index (χ0) is 13.1. The van der Waals surface area contributed by atoms with E-state index in [9.17, 15) is 20.0 Å². The lowest BCUT2D eigenvalue weighted by Crippen LogP contribution is -2.46. The fourth-order valence-electron chi connectivity index (χ4n) is 1.89. The highest BCUT2D eigenvalue weighted by atomic mass is 35.5. The van der Waals surface area contributed by atoms with Crippen molar-refractivity contribution in [1.29, 1.82) is 0 Å². The van der Waals surface area contributed by atoms with Crippen LogP contribution in [0.4, 0.5) is 5.69 Å². The molecule has 0 atom stereocenters. The normalized spacial score (nSPS) is 14.6. The van der Waals surface area contributed by atoms with Crippen LogP contribution in [0.15, 0.2) is 18.2 Å². The number of phenols is 1. The van der Waals surface area contributed by atoms with Crippen LogP contribution < -0.4 is 5.32 Å². The molecule has 19 heavy (non-hydrogen) atoms. The van der Waals surface area contributed by atoms with Gasteiger partial charge in [0.1, 0.15) is 0 Å². The lowest BCUT2D eigenvalue weighted by molar-refractivity contribution is -0.385. The minimum Gasteiger partial charge on any atom is -0.502 e. The molecule has 1 fully saturated rings. The first-order valence-electron chi connectivity index (χ1n) is 5.57. The summed E-state index contributed by atoms with van der Waals surface area (Å²) < 4.78 is 0. The predicted octanol–water partition coefficient (Wildman–Crippen LogP) is 0.768. The highest BCUT2D eigenvalue weighted by Crippen LogP contribution is 2.30. The van der Waals surface area contributed by atoms with Gasteiger partial charge in [-0.25, -0.2) is 0 Å². The molecule has 8 heteroatoms. The van der Waals surface area contributed by atoms with E-state index in [-0.39, 0.29) is 23.9 Å².